The Morgan fingerprint density at radius 3 is 2.61 bits per heavy atom. The van der Waals surface area contributed by atoms with Gasteiger partial charge in [0.2, 0.25) is 5.95 Å². The van der Waals surface area contributed by atoms with Crippen molar-refractivity contribution in [2.75, 3.05) is 23.8 Å². The largest absolute Gasteiger partial charge is 0.346 e. The first-order chi connectivity index (χ1) is 15.7. The van der Waals surface area contributed by atoms with E-state index in [-0.39, 0.29) is 18.1 Å². The molecule has 0 radical (unpaired) electrons. The van der Waals surface area contributed by atoms with E-state index in [4.69, 9.17) is 0 Å². The fourth-order valence-electron chi connectivity index (χ4n) is 4.11. The molecule has 2 atom stereocenters. The Kier molecular flexibility index (Phi) is 6.35. The monoisotopic (exact) mass is 447 g/mol. The molecule has 0 saturated carbocycles. The van der Waals surface area contributed by atoms with Gasteiger partial charge < -0.3 is 14.8 Å². The Hall–Kier alpha value is -3.42. The second-order valence-corrected chi connectivity index (χ2v) is 9.40. The van der Waals surface area contributed by atoms with E-state index in [9.17, 15) is 4.79 Å². The molecule has 0 spiro atoms. The summed E-state index contributed by atoms with van der Waals surface area (Å²) in [7, 11) is 1.83. The van der Waals surface area contributed by atoms with E-state index in [1.807, 2.05) is 31.1 Å². The first-order valence-corrected chi connectivity index (χ1v) is 11.5. The van der Waals surface area contributed by atoms with Crippen LogP contribution in [-0.4, -0.2) is 50.1 Å². The number of carbonyl (C=O) groups is 1. The molecule has 0 bridgehead atoms. The number of amides is 2. The van der Waals surface area contributed by atoms with Crippen LogP contribution in [0.2, 0.25) is 0 Å². The average molecular weight is 448 g/mol. The highest BCUT2D eigenvalue weighted by atomic mass is 16.2. The van der Waals surface area contributed by atoms with E-state index in [2.05, 4.69) is 72.2 Å². The second-order valence-electron chi connectivity index (χ2n) is 9.40. The van der Waals surface area contributed by atoms with Crippen molar-refractivity contribution in [1.29, 1.82) is 0 Å². The average Bonchev–Trinajstić information content (AvgIpc) is 3.40. The lowest BCUT2D eigenvalue weighted by molar-refractivity contribution is 0.229. The predicted molar refractivity (Wildman–Crippen MR) is 131 cm³/mol. The molecule has 2 aromatic heterocycles. The second kappa shape index (κ2) is 9.21. The fraction of sp³-hybridized carbons (Fsp3) is 0.440. The number of anilines is 2. The molecule has 0 unspecified atom stereocenters. The number of urea groups is 1. The van der Waals surface area contributed by atoms with Gasteiger partial charge in [0.05, 0.1) is 24.1 Å². The van der Waals surface area contributed by atoms with Crippen LogP contribution in [0.4, 0.5) is 16.6 Å². The van der Waals surface area contributed by atoms with Crippen molar-refractivity contribution < 1.29 is 4.79 Å². The Morgan fingerprint density at radius 1 is 1.09 bits per heavy atom. The lowest BCUT2D eigenvalue weighted by Crippen LogP contribution is -2.38. The number of imidazole rings is 1. The van der Waals surface area contributed by atoms with E-state index in [1.54, 1.807) is 22.1 Å². The first-order valence-electron chi connectivity index (χ1n) is 11.5. The lowest BCUT2D eigenvalue weighted by atomic mass is 10.0. The maximum Gasteiger partial charge on any atom is 0.325 e. The number of benzene rings is 1. The van der Waals surface area contributed by atoms with Gasteiger partial charge in [0.1, 0.15) is 5.82 Å². The molecular weight excluding hydrogens is 414 g/mol. The van der Waals surface area contributed by atoms with Gasteiger partial charge >= 0.3 is 6.03 Å². The Bertz CT molecular complexity index is 1120. The van der Waals surface area contributed by atoms with Crippen molar-refractivity contribution >= 4 is 17.8 Å². The van der Waals surface area contributed by atoms with Gasteiger partial charge in [0.25, 0.3) is 0 Å². The molecular formula is C25H33N7O. The number of hydrogen-bond donors (Lipinski definition) is 1. The summed E-state index contributed by atoms with van der Waals surface area (Å²) in [6.07, 6.45) is 5.54. The van der Waals surface area contributed by atoms with Gasteiger partial charge in [-0.1, -0.05) is 39.8 Å². The molecule has 2 amide bonds. The summed E-state index contributed by atoms with van der Waals surface area (Å²) in [4.78, 5) is 29.9. The van der Waals surface area contributed by atoms with E-state index >= 15 is 0 Å². The molecule has 1 N–H and O–H groups in total. The van der Waals surface area contributed by atoms with Gasteiger partial charge in [-0.2, -0.15) is 4.98 Å². The normalized spacial score (nSPS) is 17.3. The number of carbonyl (C=O) groups excluding carboxylic acids is 1. The van der Waals surface area contributed by atoms with Crippen LogP contribution in [0.1, 0.15) is 57.8 Å². The first kappa shape index (κ1) is 22.8. The predicted octanol–water partition coefficient (Wildman–Crippen LogP) is 4.86. The van der Waals surface area contributed by atoms with Crippen molar-refractivity contribution in [1.82, 2.24) is 24.4 Å². The number of rotatable bonds is 7. The molecule has 0 aliphatic carbocycles. The molecule has 1 fully saturated rings. The number of nitrogens with one attached hydrogen (secondary N) is 1. The van der Waals surface area contributed by atoms with E-state index in [1.165, 1.54) is 5.56 Å². The van der Waals surface area contributed by atoms with Crippen LogP contribution in [0.3, 0.4) is 0 Å². The van der Waals surface area contributed by atoms with Crippen molar-refractivity contribution in [3.05, 3.63) is 60.3 Å². The summed E-state index contributed by atoms with van der Waals surface area (Å²) in [5, 5.41) is 3.34. The van der Waals surface area contributed by atoms with E-state index in [0.29, 0.717) is 30.1 Å². The molecule has 1 aromatic carbocycles. The molecule has 3 heterocycles. The standard InChI is InChI=1S/C25H33N7O/c1-16(2)19-8-7-9-20(12-19)31-13-21(27-15-31)18(5)28-24-26-11-10-23(29-24)32-22(17(3)4)14-30(6)25(32)33/h7-13,15-18,22H,14H2,1-6H3,(H,26,28,29)/t18-,22+/m0/s1. The third-order valence-corrected chi connectivity index (χ3v) is 6.21. The van der Waals surface area contributed by atoms with Crippen molar-refractivity contribution in [3.63, 3.8) is 0 Å². The zero-order chi connectivity index (χ0) is 23.7. The highest BCUT2D eigenvalue weighted by Gasteiger charge is 2.38. The summed E-state index contributed by atoms with van der Waals surface area (Å²) in [6, 6.07) is 10.2. The molecule has 4 rings (SSSR count). The summed E-state index contributed by atoms with van der Waals surface area (Å²) in [5.74, 6) is 1.88. The summed E-state index contributed by atoms with van der Waals surface area (Å²) in [6.45, 7) is 11.3. The Balaban J connectivity index is 1.52. The van der Waals surface area contributed by atoms with Crippen LogP contribution in [-0.2, 0) is 0 Å². The number of nitrogens with zero attached hydrogens (tertiary/aromatic N) is 6. The highest BCUT2D eigenvalue weighted by molar-refractivity contribution is 5.94. The maximum absolute atomic E-state index is 12.7. The molecule has 33 heavy (non-hydrogen) atoms. The lowest BCUT2D eigenvalue weighted by Gasteiger charge is -2.25. The fourth-order valence-corrected chi connectivity index (χ4v) is 4.11. The Morgan fingerprint density at radius 2 is 1.88 bits per heavy atom. The SMILES string of the molecule is CC(C)c1cccc(-n2cnc([C@H](C)Nc3nccc(N4C(=O)N(C)C[C@@H]4C(C)C)n3)c2)c1. The molecule has 1 saturated heterocycles. The molecule has 3 aromatic rings. The quantitative estimate of drug-likeness (QED) is 0.560. The number of aromatic nitrogens is 4. The van der Waals surface area contributed by atoms with Gasteiger partial charge in [0.15, 0.2) is 0 Å². The molecule has 1 aliphatic rings. The van der Waals surface area contributed by atoms with Crippen LogP contribution >= 0.6 is 0 Å². The molecule has 174 valence electrons. The minimum atomic E-state index is -0.104. The summed E-state index contributed by atoms with van der Waals surface area (Å²) >= 11 is 0. The van der Waals surface area contributed by atoms with E-state index < -0.39 is 0 Å². The van der Waals surface area contributed by atoms with Crippen LogP contribution < -0.4 is 10.2 Å². The van der Waals surface area contributed by atoms with Crippen LogP contribution in [0.25, 0.3) is 5.69 Å². The third kappa shape index (κ3) is 4.69. The van der Waals surface area contributed by atoms with Gasteiger partial charge in [0, 0.05) is 31.7 Å². The van der Waals surface area contributed by atoms with Crippen molar-refractivity contribution in [3.8, 4) is 5.69 Å². The summed E-state index contributed by atoms with van der Waals surface area (Å²) < 4.78 is 2.03. The maximum atomic E-state index is 12.7. The molecule has 8 heteroatoms. The van der Waals surface area contributed by atoms with E-state index in [0.717, 1.165) is 11.4 Å². The molecule has 1 aliphatic heterocycles. The highest BCUT2D eigenvalue weighted by Crippen LogP contribution is 2.27. The number of likely N-dealkylation sites (N-methyl/N-ethyl adjacent to an activating group) is 1. The van der Waals surface area contributed by atoms with Crippen molar-refractivity contribution in [2.45, 2.75) is 52.6 Å². The third-order valence-electron chi connectivity index (χ3n) is 6.21. The summed E-state index contributed by atoms with van der Waals surface area (Å²) in [5.41, 5.74) is 3.26. The van der Waals surface area contributed by atoms with Gasteiger partial charge in [-0.25, -0.2) is 14.8 Å². The van der Waals surface area contributed by atoms with Crippen LogP contribution in [0.15, 0.2) is 49.1 Å². The smallest absolute Gasteiger partial charge is 0.325 e. The van der Waals surface area contributed by atoms with Crippen LogP contribution in [0.5, 0.6) is 0 Å². The Labute approximate surface area is 195 Å². The van der Waals surface area contributed by atoms with Gasteiger partial charge in [-0.3, -0.25) is 4.90 Å². The molecule has 8 nitrogen and oxygen atoms in total. The van der Waals surface area contributed by atoms with Crippen molar-refractivity contribution in [2.24, 2.45) is 5.92 Å². The zero-order valence-corrected chi connectivity index (χ0v) is 20.2. The number of hydrogen-bond acceptors (Lipinski definition) is 5. The topological polar surface area (TPSA) is 79.2 Å². The minimum absolute atomic E-state index is 0.0335. The van der Waals surface area contributed by atoms with Gasteiger partial charge in [-0.05, 0) is 42.5 Å². The van der Waals surface area contributed by atoms with Crippen LogP contribution in [0, 0.1) is 5.92 Å². The minimum Gasteiger partial charge on any atom is -0.346 e. The van der Waals surface area contributed by atoms with Gasteiger partial charge in [-0.15, -0.1) is 0 Å². The zero-order valence-electron chi connectivity index (χ0n) is 20.2.